The average molecular weight is 388 g/mol. The fourth-order valence-corrected chi connectivity index (χ4v) is 5.21. The highest BCUT2D eigenvalue weighted by molar-refractivity contribution is 7.89. The minimum absolute atomic E-state index is 0.112. The van der Waals surface area contributed by atoms with Gasteiger partial charge in [0, 0.05) is 44.6 Å². The summed E-state index contributed by atoms with van der Waals surface area (Å²) < 4.78 is 29.7. The van der Waals surface area contributed by atoms with E-state index in [2.05, 4.69) is 14.9 Å². The fraction of sp³-hybridized carbons (Fsp3) is 0.474. The van der Waals surface area contributed by atoms with Gasteiger partial charge < -0.3 is 9.88 Å². The number of nitrogens with zero attached hydrogens (tertiary/aromatic N) is 3. The van der Waals surface area contributed by atoms with Crippen molar-refractivity contribution in [3.05, 3.63) is 42.0 Å². The first-order chi connectivity index (χ1) is 12.7. The van der Waals surface area contributed by atoms with Crippen LogP contribution in [-0.4, -0.2) is 41.8 Å². The van der Waals surface area contributed by atoms with Gasteiger partial charge >= 0.3 is 0 Å². The van der Waals surface area contributed by atoms with Gasteiger partial charge in [-0.2, -0.15) is 0 Å². The van der Waals surface area contributed by atoms with E-state index in [4.69, 9.17) is 0 Å². The van der Waals surface area contributed by atoms with Gasteiger partial charge in [0.2, 0.25) is 15.9 Å². The number of hydrogen-bond acceptors (Lipinski definition) is 4. The maximum absolute atomic E-state index is 13.1. The van der Waals surface area contributed by atoms with Crippen molar-refractivity contribution in [1.29, 1.82) is 0 Å². The molecule has 2 aromatic rings. The number of imidazole rings is 1. The molecule has 0 fully saturated rings. The van der Waals surface area contributed by atoms with Crippen LogP contribution in [0.5, 0.6) is 0 Å². The Hall–Kier alpha value is -2.19. The lowest BCUT2D eigenvalue weighted by atomic mass is 9.86. The Kier molecular flexibility index (Phi) is 4.16. The third kappa shape index (κ3) is 2.96. The molecule has 0 spiro atoms. The maximum atomic E-state index is 13.1. The van der Waals surface area contributed by atoms with Gasteiger partial charge in [-0.25, -0.2) is 17.7 Å². The number of anilines is 1. The van der Waals surface area contributed by atoms with E-state index < -0.39 is 15.4 Å². The quantitative estimate of drug-likeness (QED) is 0.868. The predicted octanol–water partition coefficient (Wildman–Crippen LogP) is 2.00. The van der Waals surface area contributed by atoms with Gasteiger partial charge in [-0.3, -0.25) is 4.79 Å². The number of carbonyl (C=O) groups is 1. The van der Waals surface area contributed by atoms with Gasteiger partial charge in [0.05, 0.1) is 10.3 Å². The number of nitrogens with one attached hydrogen (secondary N) is 1. The lowest BCUT2D eigenvalue weighted by Gasteiger charge is -2.28. The highest BCUT2D eigenvalue weighted by Gasteiger charge is 2.39. The molecule has 1 aromatic heterocycles. The molecule has 1 aromatic carbocycles. The summed E-state index contributed by atoms with van der Waals surface area (Å²) in [6.45, 7) is 4.85. The molecular weight excluding hydrogens is 364 g/mol. The Balaban J connectivity index is 1.55. The van der Waals surface area contributed by atoms with Crippen LogP contribution in [-0.2, 0) is 33.2 Å². The Morgan fingerprint density at radius 3 is 2.93 bits per heavy atom. The third-order valence-electron chi connectivity index (χ3n) is 5.74. The van der Waals surface area contributed by atoms with E-state index in [1.165, 1.54) is 4.31 Å². The summed E-state index contributed by atoms with van der Waals surface area (Å²) in [5.41, 5.74) is 0.676. The van der Waals surface area contributed by atoms with Crippen molar-refractivity contribution < 1.29 is 13.2 Å². The Morgan fingerprint density at radius 1 is 1.37 bits per heavy atom. The van der Waals surface area contributed by atoms with E-state index in [-0.39, 0.29) is 16.7 Å². The number of carbonyl (C=O) groups excluding carboxylic acids is 1. The van der Waals surface area contributed by atoms with Crippen LogP contribution in [0.1, 0.15) is 31.7 Å². The first kappa shape index (κ1) is 18.2. The Bertz CT molecular complexity index is 1010. The molecule has 1 atom stereocenters. The van der Waals surface area contributed by atoms with E-state index in [1.807, 2.05) is 6.20 Å². The minimum atomic E-state index is -3.62. The smallest absolute Gasteiger partial charge is 0.242 e. The molecule has 1 N–H and O–H groups in total. The van der Waals surface area contributed by atoms with E-state index in [0.717, 1.165) is 30.8 Å². The highest BCUT2D eigenvalue weighted by atomic mass is 32.2. The predicted molar refractivity (Wildman–Crippen MR) is 102 cm³/mol. The second-order valence-corrected chi connectivity index (χ2v) is 10.0. The summed E-state index contributed by atoms with van der Waals surface area (Å²) >= 11 is 0. The van der Waals surface area contributed by atoms with Gasteiger partial charge in [-0.1, -0.05) is 0 Å². The SMILES string of the molecule is CN(C[C@H]1CCc2nccn2C1)S(=O)(=O)c1ccc2c(c1)C(C)(C)C(=O)N2. The van der Waals surface area contributed by atoms with Crippen molar-refractivity contribution >= 4 is 21.6 Å². The number of benzene rings is 1. The van der Waals surface area contributed by atoms with E-state index >= 15 is 0 Å². The molecule has 2 aliphatic rings. The van der Waals surface area contributed by atoms with E-state index in [1.54, 1.807) is 45.3 Å². The molecule has 0 bridgehead atoms. The standard InChI is InChI=1S/C19H24N4O3S/c1-19(2)15-10-14(5-6-16(15)21-18(19)24)27(25,26)22(3)11-13-4-7-17-20-8-9-23(17)12-13/h5-6,8-10,13H,4,7,11-12H2,1-3H3,(H,21,24)/t13-/m1/s1. The third-order valence-corrected chi connectivity index (χ3v) is 7.56. The number of aromatic nitrogens is 2. The van der Waals surface area contributed by atoms with Crippen LogP contribution < -0.4 is 5.32 Å². The lowest BCUT2D eigenvalue weighted by Crippen LogP contribution is -2.35. The Labute approximate surface area is 159 Å². The van der Waals surface area contributed by atoms with Crippen molar-refractivity contribution in [2.45, 2.75) is 43.5 Å². The summed E-state index contributed by atoms with van der Waals surface area (Å²) in [6, 6.07) is 4.89. The van der Waals surface area contributed by atoms with Gasteiger partial charge in [-0.05, 0) is 49.9 Å². The molecule has 4 rings (SSSR count). The van der Waals surface area contributed by atoms with Crippen LogP contribution in [0, 0.1) is 5.92 Å². The largest absolute Gasteiger partial charge is 0.335 e. The zero-order valence-corrected chi connectivity index (χ0v) is 16.6. The number of fused-ring (bicyclic) bond motifs is 2. The lowest BCUT2D eigenvalue weighted by molar-refractivity contribution is -0.119. The zero-order chi connectivity index (χ0) is 19.4. The summed E-state index contributed by atoms with van der Waals surface area (Å²) in [7, 11) is -2.00. The molecule has 1 amide bonds. The van der Waals surface area contributed by atoms with Gasteiger partial charge in [0.1, 0.15) is 5.82 Å². The molecule has 144 valence electrons. The van der Waals surface area contributed by atoms with Crippen LogP contribution in [0.15, 0.2) is 35.5 Å². The second kappa shape index (κ2) is 6.17. The first-order valence-corrected chi connectivity index (χ1v) is 10.6. The fourth-order valence-electron chi connectivity index (χ4n) is 3.94. The van der Waals surface area contributed by atoms with Crippen molar-refractivity contribution in [3.8, 4) is 0 Å². The van der Waals surface area contributed by atoms with E-state index in [9.17, 15) is 13.2 Å². The Morgan fingerprint density at radius 2 is 2.15 bits per heavy atom. The molecule has 0 radical (unpaired) electrons. The maximum Gasteiger partial charge on any atom is 0.242 e. The van der Waals surface area contributed by atoms with Crippen LogP contribution in [0.2, 0.25) is 0 Å². The monoisotopic (exact) mass is 388 g/mol. The van der Waals surface area contributed by atoms with E-state index in [0.29, 0.717) is 12.2 Å². The average Bonchev–Trinajstić information content (AvgIpc) is 3.17. The van der Waals surface area contributed by atoms with Crippen LogP contribution in [0.25, 0.3) is 0 Å². The molecule has 3 heterocycles. The topological polar surface area (TPSA) is 84.3 Å². The summed E-state index contributed by atoms with van der Waals surface area (Å²) in [5.74, 6) is 1.20. The molecule has 0 saturated carbocycles. The number of rotatable bonds is 4. The first-order valence-electron chi connectivity index (χ1n) is 9.12. The molecule has 27 heavy (non-hydrogen) atoms. The molecule has 0 unspecified atom stereocenters. The summed E-state index contributed by atoms with van der Waals surface area (Å²) in [4.78, 5) is 16.7. The van der Waals surface area contributed by atoms with Crippen LogP contribution in [0.3, 0.4) is 0 Å². The highest BCUT2D eigenvalue weighted by Crippen LogP contribution is 2.38. The van der Waals surface area contributed by atoms with Crippen molar-refractivity contribution in [2.24, 2.45) is 5.92 Å². The normalized spacial score (nSPS) is 21.0. The minimum Gasteiger partial charge on any atom is -0.335 e. The molecule has 7 nitrogen and oxygen atoms in total. The van der Waals surface area contributed by atoms with Crippen molar-refractivity contribution in [3.63, 3.8) is 0 Å². The summed E-state index contributed by atoms with van der Waals surface area (Å²) in [6.07, 6.45) is 5.53. The number of amides is 1. The number of hydrogen-bond donors (Lipinski definition) is 1. The van der Waals surface area contributed by atoms with Gasteiger partial charge in [0.15, 0.2) is 0 Å². The van der Waals surface area contributed by atoms with Crippen molar-refractivity contribution in [1.82, 2.24) is 13.9 Å². The van der Waals surface area contributed by atoms with Crippen molar-refractivity contribution in [2.75, 3.05) is 18.9 Å². The second-order valence-electron chi connectivity index (χ2n) is 7.97. The van der Waals surface area contributed by atoms with Gasteiger partial charge in [0.25, 0.3) is 0 Å². The van der Waals surface area contributed by atoms with Crippen LogP contribution in [0.4, 0.5) is 5.69 Å². The molecule has 0 aliphatic carbocycles. The molecule has 8 heteroatoms. The zero-order valence-electron chi connectivity index (χ0n) is 15.8. The number of sulfonamides is 1. The molecular formula is C19H24N4O3S. The molecule has 2 aliphatic heterocycles. The number of aryl methyl sites for hydroxylation is 1. The summed E-state index contributed by atoms with van der Waals surface area (Å²) in [5, 5.41) is 2.81. The van der Waals surface area contributed by atoms with Gasteiger partial charge in [-0.15, -0.1) is 0 Å². The molecule has 0 saturated heterocycles. The van der Waals surface area contributed by atoms with Crippen LogP contribution >= 0.6 is 0 Å².